The monoisotopic (exact) mass is 326 g/mol. The smallest absolute Gasteiger partial charge is 0.165 e. The zero-order valence-corrected chi connectivity index (χ0v) is 12.2. The maximum Gasteiger partial charge on any atom is 0.165 e. The van der Waals surface area contributed by atoms with E-state index in [1.807, 2.05) is 26.0 Å². The summed E-state index contributed by atoms with van der Waals surface area (Å²) in [7, 11) is 0. The predicted octanol–water partition coefficient (Wildman–Crippen LogP) is 4.92. The van der Waals surface area contributed by atoms with Crippen molar-refractivity contribution in [3.63, 3.8) is 0 Å². The molecule has 0 bridgehead atoms. The van der Waals surface area contributed by atoms with E-state index in [0.717, 1.165) is 21.7 Å². The van der Waals surface area contributed by atoms with Gasteiger partial charge in [-0.3, -0.25) is 0 Å². The van der Waals surface area contributed by atoms with E-state index >= 15 is 0 Å². The van der Waals surface area contributed by atoms with Crippen LogP contribution < -0.4 is 4.74 Å². The van der Waals surface area contributed by atoms with E-state index in [4.69, 9.17) is 4.74 Å². The minimum absolute atomic E-state index is 0.00407. The third-order valence-corrected chi connectivity index (χ3v) is 4.09. The van der Waals surface area contributed by atoms with Crippen molar-refractivity contribution in [2.75, 3.05) is 0 Å². The largest absolute Gasteiger partial charge is 0.489 e. The Morgan fingerprint density at radius 3 is 2.37 bits per heavy atom. The third-order valence-electron chi connectivity index (χ3n) is 2.84. The summed E-state index contributed by atoms with van der Waals surface area (Å²) in [6, 6.07) is 7.78. The molecule has 0 radical (unpaired) electrons. The highest BCUT2D eigenvalue weighted by Crippen LogP contribution is 2.27. The van der Waals surface area contributed by atoms with Crippen molar-refractivity contribution >= 4 is 15.9 Å². The summed E-state index contributed by atoms with van der Waals surface area (Å²) in [5.74, 6) is -1.07. The zero-order chi connectivity index (χ0) is 14.0. The molecule has 2 aromatic carbocycles. The van der Waals surface area contributed by atoms with Crippen LogP contribution in [-0.2, 0) is 6.61 Å². The van der Waals surface area contributed by atoms with Crippen LogP contribution in [0.5, 0.6) is 5.75 Å². The van der Waals surface area contributed by atoms with Crippen molar-refractivity contribution < 1.29 is 13.5 Å². The van der Waals surface area contributed by atoms with Gasteiger partial charge in [0.2, 0.25) is 0 Å². The number of benzene rings is 2. The minimum Gasteiger partial charge on any atom is -0.489 e. The van der Waals surface area contributed by atoms with E-state index in [2.05, 4.69) is 15.9 Å². The first-order valence-electron chi connectivity index (χ1n) is 5.81. The van der Waals surface area contributed by atoms with Gasteiger partial charge in [-0.25, -0.2) is 8.78 Å². The Bertz CT molecular complexity index is 588. The molecule has 4 heteroatoms. The molecular weight excluding hydrogens is 314 g/mol. The molecule has 0 fully saturated rings. The molecule has 19 heavy (non-hydrogen) atoms. The van der Waals surface area contributed by atoms with Crippen molar-refractivity contribution in [2.45, 2.75) is 20.5 Å². The van der Waals surface area contributed by atoms with Crippen LogP contribution in [0.1, 0.15) is 16.7 Å². The normalized spacial score (nSPS) is 10.6. The highest BCUT2D eigenvalue weighted by atomic mass is 79.9. The van der Waals surface area contributed by atoms with Gasteiger partial charge in [-0.05, 0) is 43.2 Å². The lowest BCUT2D eigenvalue weighted by Gasteiger charge is -2.10. The summed E-state index contributed by atoms with van der Waals surface area (Å²) >= 11 is 3.47. The van der Waals surface area contributed by atoms with Crippen LogP contribution in [0.4, 0.5) is 8.78 Å². The summed E-state index contributed by atoms with van der Waals surface area (Å²) < 4.78 is 33.1. The van der Waals surface area contributed by atoms with Crippen molar-refractivity contribution in [1.29, 1.82) is 0 Å². The minimum atomic E-state index is -0.857. The second-order valence-corrected chi connectivity index (χ2v) is 5.17. The van der Waals surface area contributed by atoms with Crippen LogP contribution >= 0.6 is 15.9 Å². The Hall–Kier alpha value is -1.42. The molecule has 0 atom stereocenters. The molecule has 0 saturated carbocycles. The number of rotatable bonds is 3. The van der Waals surface area contributed by atoms with Gasteiger partial charge in [0, 0.05) is 10.0 Å². The fourth-order valence-corrected chi connectivity index (χ4v) is 2.04. The second kappa shape index (κ2) is 5.70. The molecule has 0 aliphatic rings. The van der Waals surface area contributed by atoms with Gasteiger partial charge < -0.3 is 4.74 Å². The van der Waals surface area contributed by atoms with Crippen molar-refractivity contribution in [3.05, 3.63) is 63.1 Å². The Balaban J connectivity index is 2.17. The van der Waals surface area contributed by atoms with Gasteiger partial charge >= 0.3 is 0 Å². The van der Waals surface area contributed by atoms with Gasteiger partial charge in [-0.2, -0.15) is 0 Å². The number of hydrogen-bond donors (Lipinski definition) is 0. The van der Waals surface area contributed by atoms with Crippen LogP contribution in [-0.4, -0.2) is 0 Å². The molecule has 0 aromatic heterocycles. The summed E-state index contributed by atoms with van der Waals surface area (Å²) in [4.78, 5) is 0. The fraction of sp³-hybridized carbons (Fsp3) is 0.200. The average molecular weight is 327 g/mol. The van der Waals surface area contributed by atoms with Crippen LogP contribution in [0.25, 0.3) is 0 Å². The SMILES string of the molecule is Cc1cc(OCc2cccc(F)c2F)cc(C)c1Br. The quantitative estimate of drug-likeness (QED) is 0.777. The van der Waals surface area contributed by atoms with Crippen LogP contribution in [0.3, 0.4) is 0 Å². The first kappa shape index (κ1) is 14.0. The Labute approximate surface area is 119 Å². The molecule has 0 amide bonds. The van der Waals surface area contributed by atoms with E-state index in [-0.39, 0.29) is 12.2 Å². The van der Waals surface area contributed by atoms with Gasteiger partial charge in [0.15, 0.2) is 11.6 Å². The molecule has 0 aliphatic carbocycles. The molecule has 0 unspecified atom stereocenters. The first-order chi connectivity index (χ1) is 8.99. The van der Waals surface area contributed by atoms with Crippen molar-refractivity contribution in [3.8, 4) is 5.75 Å². The molecule has 2 rings (SSSR count). The number of hydrogen-bond acceptors (Lipinski definition) is 1. The maximum absolute atomic E-state index is 13.5. The lowest BCUT2D eigenvalue weighted by atomic mass is 10.1. The highest BCUT2D eigenvalue weighted by molar-refractivity contribution is 9.10. The number of halogens is 3. The molecule has 2 aromatic rings. The van der Waals surface area contributed by atoms with E-state index in [0.29, 0.717) is 5.75 Å². The topological polar surface area (TPSA) is 9.23 Å². The molecule has 1 nitrogen and oxygen atoms in total. The van der Waals surface area contributed by atoms with E-state index in [1.165, 1.54) is 12.1 Å². The van der Waals surface area contributed by atoms with Gasteiger partial charge in [-0.1, -0.05) is 28.1 Å². The van der Waals surface area contributed by atoms with Gasteiger partial charge in [0.25, 0.3) is 0 Å². The summed E-state index contributed by atoms with van der Waals surface area (Å²) in [6.45, 7) is 3.91. The Kier molecular flexibility index (Phi) is 4.20. The standard InChI is InChI=1S/C15H13BrF2O/c1-9-6-12(7-10(2)14(9)16)19-8-11-4-3-5-13(17)15(11)18/h3-7H,8H2,1-2H3. The number of ether oxygens (including phenoxy) is 1. The lowest BCUT2D eigenvalue weighted by Crippen LogP contribution is -2.01. The van der Waals surface area contributed by atoms with Crippen molar-refractivity contribution in [1.82, 2.24) is 0 Å². The molecule has 100 valence electrons. The Morgan fingerprint density at radius 2 is 1.74 bits per heavy atom. The van der Waals surface area contributed by atoms with Crippen LogP contribution in [0.15, 0.2) is 34.8 Å². The highest BCUT2D eigenvalue weighted by Gasteiger charge is 2.09. The molecule has 0 heterocycles. The molecule has 0 aliphatic heterocycles. The maximum atomic E-state index is 13.5. The predicted molar refractivity (Wildman–Crippen MR) is 74.3 cm³/mol. The van der Waals surface area contributed by atoms with Crippen LogP contribution in [0.2, 0.25) is 0 Å². The molecule has 0 spiro atoms. The molecular formula is C15H13BrF2O. The zero-order valence-electron chi connectivity index (χ0n) is 10.6. The van der Waals surface area contributed by atoms with E-state index < -0.39 is 11.6 Å². The van der Waals surface area contributed by atoms with Gasteiger partial charge in [0.1, 0.15) is 12.4 Å². The second-order valence-electron chi connectivity index (χ2n) is 4.37. The Morgan fingerprint density at radius 1 is 1.11 bits per heavy atom. The van der Waals surface area contributed by atoms with Gasteiger partial charge in [-0.15, -0.1) is 0 Å². The third kappa shape index (κ3) is 3.13. The summed E-state index contributed by atoms with van der Waals surface area (Å²) in [5.41, 5.74) is 2.28. The molecule has 0 N–H and O–H groups in total. The lowest BCUT2D eigenvalue weighted by molar-refractivity contribution is 0.297. The average Bonchev–Trinajstić information content (AvgIpc) is 2.37. The van der Waals surface area contributed by atoms with Crippen molar-refractivity contribution in [2.24, 2.45) is 0 Å². The summed E-state index contributed by atoms with van der Waals surface area (Å²) in [6.07, 6.45) is 0. The summed E-state index contributed by atoms with van der Waals surface area (Å²) in [5, 5.41) is 0. The number of aryl methyl sites for hydroxylation is 2. The van der Waals surface area contributed by atoms with E-state index in [1.54, 1.807) is 0 Å². The van der Waals surface area contributed by atoms with Gasteiger partial charge in [0.05, 0.1) is 0 Å². The van der Waals surface area contributed by atoms with Crippen LogP contribution in [0, 0.1) is 25.5 Å². The fourth-order valence-electron chi connectivity index (χ4n) is 1.81. The van der Waals surface area contributed by atoms with E-state index in [9.17, 15) is 8.78 Å². The first-order valence-corrected chi connectivity index (χ1v) is 6.61. The molecule has 0 saturated heterocycles.